The molecule has 2 aliphatic rings. The van der Waals surface area contributed by atoms with Gasteiger partial charge in [-0.3, -0.25) is 9.69 Å². The van der Waals surface area contributed by atoms with Crippen LogP contribution in [0.5, 0.6) is 5.75 Å². The van der Waals surface area contributed by atoms with E-state index in [0.29, 0.717) is 18.8 Å². The SMILES string of the molecule is CC(C(=O)N1CCN(c2ccccc2O)CC1)N1CCNCC1.Cl.Cl. The van der Waals surface area contributed by atoms with Gasteiger partial charge in [0.25, 0.3) is 0 Å². The van der Waals surface area contributed by atoms with Crippen molar-refractivity contribution in [3.63, 3.8) is 0 Å². The molecule has 3 rings (SSSR count). The number of halogens is 2. The molecule has 0 aliphatic carbocycles. The van der Waals surface area contributed by atoms with Crippen LogP contribution in [0, 0.1) is 0 Å². The Balaban J connectivity index is 0.00000156. The number of nitrogens with zero attached hydrogens (tertiary/aromatic N) is 3. The fourth-order valence-electron chi connectivity index (χ4n) is 3.39. The fraction of sp³-hybridized carbons (Fsp3) is 0.588. The summed E-state index contributed by atoms with van der Waals surface area (Å²) in [6.45, 7) is 8.75. The van der Waals surface area contributed by atoms with E-state index in [1.165, 1.54) is 0 Å². The second-order valence-corrected chi connectivity index (χ2v) is 6.26. The van der Waals surface area contributed by atoms with Crippen LogP contribution in [0.2, 0.25) is 0 Å². The van der Waals surface area contributed by atoms with Gasteiger partial charge in [0.2, 0.25) is 5.91 Å². The van der Waals surface area contributed by atoms with E-state index in [2.05, 4.69) is 15.1 Å². The fourth-order valence-corrected chi connectivity index (χ4v) is 3.39. The maximum Gasteiger partial charge on any atom is 0.239 e. The number of carbonyl (C=O) groups excluding carboxylic acids is 1. The quantitative estimate of drug-likeness (QED) is 0.811. The van der Waals surface area contributed by atoms with Crippen molar-refractivity contribution >= 4 is 36.4 Å². The van der Waals surface area contributed by atoms with Crippen molar-refractivity contribution in [3.05, 3.63) is 24.3 Å². The van der Waals surface area contributed by atoms with Crippen LogP contribution in [0.25, 0.3) is 0 Å². The Morgan fingerprint density at radius 2 is 1.64 bits per heavy atom. The predicted octanol–water partition coefficient (Wildman–Crippen LogP) is 1.18. The minimum Gasteiger partial charge on any atom is -0.506 e. The first kappa shape index (κ1) is 21.8. The second-order valence-electron chi connectivity index (χ2n) is 6.26. The Bertz CT molecular complexity index is 547. The summed E-state index contributed by atoms with van der Waals surface area (Å²) < 4.78 is 0. The zero-order valence-electron chi connectivity index (χ0n) is 14.6. The van der Waals surface area contributed by atoms with E-state index in [9.17, 15) is 9.90 Å². The summed E-state index contributed by atoms with van der Waals surface area (Å²) in [6, 6.07) is 7.34. The highest BCUT2D eigenvalue weighted by atomic mass is 35.5. The van der Waals surface area contributed by atoms with Crippen molar-refractivity contribution in [2.75, 3.05) is 57.3 Å². The van der Waals surface area contributed by atoms with Gasteiger partial charge < -0.3 is 20.2 Å². The topological polar surface area (TPSA) is 59.1 Å². The minimum absolute atomic E-state index is 0. The number of phenolic OH excluding ortho intramolecular Hbond substituents is 1. The summed E-state index contributed by atoms with van der Waals surface area (Å²) >= 11 is 0. The number of benzene rings is 1. The van der Waals surface area contributed by atoms with Gasteiger partial charge in [-0.05, 0) is 19.1 Å². The largest absolute Gasteiger partial charge is 0.506 e. The van der Waals surface area contributed by atoms with Gasteiger partial charge in [-0.25, -0.2) is 0 Å². The molecule has 2 aliphatic heterocycles. The molecule has 1 aromatic rings. The Labute approximate surface area is 162 Å². The van der Waals surface area contributed by atoms with E-state index in [1.54, 1.807) is 6.07 Å². The lowest BCUT2D eigenvalue weighted by Gasteiger charge is -2.40. The highest BCUT2D eigenvalue weighted by molar-refractivity contribution is 5.85. The number of phenols is 1. The third kappa shape index (κ3) is 5.14. The summed E-state index contributed by atoms with van der Waals surface area (Å²) in [7, 11) is 0. The zero-order chi connectivity index (χ0) is 16.2. The molecular formula is C17H28Cl2N4O2. The molecule has 1 aromatic carbocycles. The molecule has 0 radical (unpaired) electrons. The van der Waals surface area contributed by atoms with Gasteiger partial charge in [-0.1, -0.05) is 12.1 Å². The third-order valence-corrected chi connectivity index (χ3v) is 4.87. The van der Waals surface area contributed by atoms with Crippen LogP contribution in [0.15, 0.2) is 24.3 Å². The Morgan fingerprint density at radius 1 is 1.04 bits per heavy atom. The number of aromatic hydroxyl groups is 1. The number of nitrogens with one attached hydrogen (secondary N) is 1. The summed E-state index contributed by atoms with van der Waals surface area (Å²) in [5, 5.41) is 13.3. The number of piperazine rings is 2. The van der Waals surface area contributed by atoms with Crippen LogP contribution in [-0.4, -0.2) is 79.2 Å². The molecule has 0 aromatic heterocycles. The smallest absolute Gasteiger partial charge is 0.239 e. The number of rotatable bonds is 3. The molecule has 0 spiro atoms. The summed E-state index contributed by atoms with van der Waals surface area (Å²) in [6.07, 6.45) is 0. The number of anilines is 1. The molecule has 6 nitrogen and oxygen atoms in total. The van der Waals surface area contributed by atoms with Crippen molar-refractivity contribution in [2.45, 2.75) is 13.0 Å². The highest BCUT2D eigenvalue weighted by Crippen LogP contribution is 2.27. The van der Waals surface area contributed by atoms with Crippen molar-refractivity contribution in [1.82, 2.24) is 15.1 Å². The van der Waals surface area contributed by atoms with E-state index < -0.39 is 0 Å². The average Bonchev–Trinajstić information content (AvgIpc) is 2.62. The van der Waals surface area contributed by atoms with Gasteiger partial charge in [0.05, 0.1) is 11.7 Å². The monoisotopic (exact) mass is 390 g/mol. The average molecular weight is 391 g/mol. The van der Waals surface area contributed by atoms with Gasteiger partial charge in [-0.15, -0.1) is 24.8 Å². The van der Waals surface area contributed by atoms with Gasteiger partial charge >= 0.3 is 0 Å². The molecule has 2 saturated heterocycles. The van der Waals surface area contributed by atoms with Crippen molar-refractivity contribution in [1.29, 1.82) is 0 Å². The number of hydrogen-bond donors (Lipinski definition) is 2. The third-order valence-electron chi connectivity index (χ3n) is 4.87. The molecule has 8 heteroatoms. The van der Waals surface area contributed by atoms with Gasteiger partial charge in [0.15, 0.2) is 0 Å². The molecule has 2 fully saturated rings. The summed E-state index contributed by atoms with van der Waals surface area (Å²) in [4.78, 5) is 19.1. The van der Waals surface area contributed by atoms with Crippen LogP contribution in [0.3, 0.4) is 0 Å². The molecule has 25 heavy (non-hydrogen) atoms. The van der Waals surface area contributed by atoms with Crippen LogP contribution >= 0.6 is 24.8 Å². The standard InChI is InChI=1S/C17H26N4O2.2ClH/c1-14(19-8-6-18-7-9-19)17(23)21-12-10-20(11-13-21)15-4-2-3-5-16(15)22;;/h2-5,14,18,22H,6-13H2,1H3;2*1H. The molecule has 2 heterocycles. The normalized spacial score (nSPS) is 19.6. The summed E-state index contributed by atoms with van der Waals surface area (Å²) in [5.74, 6) is 0.533. The molecule has 1 atom stereocenters. The number of hydrogen-bond acceptors (Lipinski definition) is 5. The Kier molecular flexibility index (Phi) is 8.79. The highest BCUT2D eigenvalue weighted by Gasteiger charge is 2.29. The second kappa shape index (κ2) is 10.1. The Hall–Kier alpha value is -1.21. The molecule has 142 valence electrons. The molecular weight excluding hydrogens is 363 g/mol. The van der Waals surface area contributed by atoms with Crippen molar-refractivity contribution in [3.8, 4) is 5.75 Å². The van der Waals surface area contributed by atoms with Crippen molar-refractivity contribution < 1.29 is 9.90 Å². The lowest BCUT2D eigenvalue weighted by atomic mass is 10.1. The maximum absolute atomic E-state index is 12.7. The van der Waals surface area contributed by atoms with E-state index in [4.69, 9.17) is 0 Å². The van der Waals surface area contributed by atoms with Crippen LogP contribution in [0.1, 0.15) is 6.92 Å². The van der Waals surface area contributed by atoms with Gasteiger partial charge in [-0.2, -0.15) is 0 Å². The molecule has 0 bridgehead atoms. The minimum atomic E-state index is -0.0474. The lowest BCUT2D eigenvalue weighted by Crippen LogP contribution is -2.57. The number of para-hydroxylation sites is 2. The van der Waals surface area contributed by atoms with Gasteiger partial charge in [0, 0.05) is 52.4 Å². The lowest BCUT2D eigenvalue weighted by molar-refractivity contribution is -0.137. The molecule has 2 N–H and O–H groups in total. The van der Waals surface area contributed by atoms with E-state index in [-0.39, 0.29) is 36.8 Å². The molecule has 0 saturated carbocycles. The predicted molar refractivity (Wildman–Crippen MR) is 105 cm³/mol. The molecule has 1 unspecified atom stereocenters. The van der Waals surface area contributed by atoms with E-state index >= 15 is 0 Å². The first-order valence-electron chi connectivity index (χ1n) is 8.43. The zero-order valence-corrected chi connectivity index (χ0v) is 16.2. The summed E-state index contributed by atoms with van der Waals surface area (Å²) in [5.41, 5.74) is 0.856. The maximum atomic E-state index is 12.7. The first-order valence-corrected chi connectivity index (χ1v) is 8.43. The first-order chi connectivity index (χ1) is 11.2. The van der Waals surface area contributed by atoms with Crippen LogP contribution < -0.4 is 10.2 Å². The van der Waals surface area contributed by atoms with Gasteiger partial charge in [0.1, 0.15) is 5.75 Å². The number of amides is 1. The van der Waals surface area contributed by atoms with Crippen LogP contribution in [0.4, 0.5) is 5.69 Å². The van der Waals surface area contributed by atoms with E-state index in [1.807, 2.05) is 30.0 Å². The van der Waals surface area contributed by atoms with E-state index in [0.717, 1.165) is 45.0 Å². The van der Waals surface area contributed by atoms with Crippen molar-refractivity contribution in [2.24, 2.45) is 0 Å². The number of carbonyl (C=O) groups is 1. The van der Waals surface area contributed by atoms with Crippen LogP contribution in [-0.2, 0) is 4.79 Å². The molecule has 1 amide bonds. The Morgan fingerprint density at radius 3 is 2.24 bits per heavy atom.